The summed E-state index contributed by atoms with van der Waals surface area (Å²) in [4.78, 5) is 36.4. The molecule has 0 spiro atoms. The van der Waals surface area contributed by atoms with Crippen molar-refractivity contribution in [3.05, 3.63) is 81.7 Å². The minimum atomic E-state index is -0.751. The average molecular weight is 419 g/mol. The smallest absolute Gasteiger partial charge is 0.349 e. The van der Waals surface area contributed by atoms with Crippen LogP contribution in [0.5, 0.6) is 5.75 Å². The maximum atomic E-state index is 12.2. The molecule has 0 bridgehead atoms. The minimum Gasteiger partial charge on any atom is -0.423 e. The summed E-state index contributed by atoms with van der Waals surface area (Å²) in [5, 5.41) is 3.21. The van der Waals surface area contributed by atoms with Crippen LogP contribution in [0.2, 0.25) is 0 Å². The Bertz CT molecular complexity index is 1190. The lowest BCUT2D eigenvalue weighted by Crippen LogP contribution is -2.33. The molecule has 0 fully saturated rings. The normalized spacial score (nSPS) is 11.4. The minimum absolute atomic E-state index is 0.0719. The monoisotopic (exact) mass is 419 g/mol. The zero-order valence-electron chi connectivity index (χ0n) is 18.0. The first-order valence-electron chi connectivity index (χ1n) is 10.1. The van der Waals surface area contributed by atoms with Crippen molar-refractivity contribution in [3.8, 4) is 5.75 Å². The van der Waals surface area contributed by atoms with Crippen LogP contribution in [0.15, 0.2) is 63.8 Å². The maximum Gasteiger partial charge on any atom is 0.349 e. The molecule has 0 saturated carbocycles. The Hall–Kier alpha value is -3.67. The van der Waals surface area contributed by atoms with Crippen molar-refractivity contribution < 1.29 is 18.7 Å². The summed E-state index contributed by atoms with van der Waals surface area (Å²) in [7, 11) is 0. The van der Waals surface area contributed by atoms with Crippen LogP contribution in [0.25, 0.3) is 17.0 Å². The fourth-order valence-electron chi connectivity index (χ4n) is 2.96. The molecule has 31 heavy (non-hydrogen) atoms. The van der Waals surface area contributed by atoms with Gasteiger partial charge in [0.15, 0.2) is 0 Å². The molecule has 1 amide bonds. The number of fused-ring (bicyclic) bond motifs is 1. The second-order valence-electron chi connectivity index (χ2n) is 7.85. The van der Waals surface area contributed by atoms with E-state index in [1.54, 1.807) is 32.1 Å². The van der Waals surface area contributed by atoms with E-state index >= 15 is 0 Å². The summed E-state index contributed by atoms with van der Waals surface area (Å²) in [6.07, 6.45) is 3.01. The fraction of sp³-hybridized carbons (Fsp3) is 0.240. The molecule has 0 aliphatic heterocycles. The predicted molar refractivity (Wildman–Crippen MR) is 120 cm³/mol. The van der Waals surface area contributed by atoms with Crippen LogP contribution in [0.4, 0.5) is 0 Å². The Kier molecular flexibility index (Phi) is 6.70. The number of amides is 1. The molecule has 160 valence electrons. The van der Waals surface area contributed by atoms with Crippen LogP contribution in [0, 0.1) is 0 Å². The average Bonchev–Trinajstić information content (AvgIpc) is 2.71. The Morgan fingerprint density at radius 1 is 1.00 bits per heavy atom. The van der Waals surface area contributed by atoms with Gasteiger partial charge in [-0.3, -0.25) is 4.79 Å². The number of carbonyl (C=O) groups is 2. The van der Waals surface area contributed by atoms with Gasteiger partial charge in [0, 0.05) is 23.6 Å². The highest BCUT2D eigenvalue weighted by Gasteiger charge is 2.15. The molecule has 0 aliphatic rings. The second kappa shape index (κ2) is 9.43. The van der Waals surface area contributed by atoms with Gasteiger partial charge in [-0.05, 0) is 55.2 Å². The first-order chi connectivity index (χ1) is 14.7. The van der Waals surface area contributed by atoms with E-state index in [0.717, 1.165) is 5.56 Å². The van der Waals surface area contributed by atoms with E-state index in [1.165, 1.54) is 23.8 Å². The van der Waals surface area contributed by atoms with Crippen molar-refractivity contribution in [2.24, 2.45) is 0 Å². The number of hydrogen-bond acceptors (Lipinski definition) is 5. The van der Waals surface area contributed by atoms with Crippen molar-refractivity contribution in [2.75, 3.05) is 0 Å². The van der Waals surface area contributed by atoms with E-state index in [0.29, 0.717) is 11.3 Å². The maximum absolute atomic E-state index is 12.2. The zero-order valence-corrected chi connectivity index (χ0v) is 18.0. The fourth-order valence-corrected chi connectivity index (χ4v) is 2.96. The van der Waals surface area contributed by atoms with Gasteiger partial charge in [0.25, 0.3) is 5.91 Å². The van der Waals surface area contributed by atoms with Crippen molar-refractivity contribution in [3.63, 3.8) is 0 Å². The van der Waals surface area contributed by atoms with Gasteiger partial charge in [-0.15, -0.1) is 0 Å². The van der Waals surface area contributed by atoms with Gasteiger partial charge in [-0.25, -0.2) is 9.59 Å². The van der Waals surface area contributed by atoms with Crippen LogP contribution < -0.4 is 15.7 Å². The molecule has 0 unspecified atom stereocenters. The molecule has 0 aliphatic carbocycles. The Balaban J connectivity index is 1.73. The number of rotatable bonds is 6. The molecule has 0 atom stereocenters. The number of nitrogens with one attached hydrogen (secondary N) is 1. The molecular weight excluding hydrogens is 394 g/mol. The zero-order chi connectivity index (χ0) is 22.5. The lowest BCUT2D eigenvalue weighted by molar-refractivity contribution is -0.128. The van der Waals surface area contributed by atoms with Gasteiger partial charge in [0.2, 0.25) is 0 Å². The first kappa shape index (κ1) is 22.0. The summed E-state index contributed by atoms with van der Waals surface area (Å²) in [5.41, 5.74) is 1.51. The quantitative estimate of drug-likeness (QED) is 0.272. The van der Waals surface area contributed by atoms with E-state index in [4.69, 9.17) is 9.15 Å². The summed E-state index contributed by atoms with van der Waals surface area (Å²) >= 11 is 0. The Morgan fingerprint density at radius 3 is 2.35 bits per heavy atom. The summed E-state index contributed by atoms with van der Waals surface area (Å²) in [6, 6.07) is 13.9. The standard InChI is InChI=1S/C25H25NO5/c1-15(2)18-8-5-17(6-9-18)7-12-23(27)30-20-11-10-19-13-21(24(28)26-16(3)4)25(29)31-22(19)14-20/h5-16H,1-4H3,(H,26,28)/b12-7+. The third-order valence-electron chi connectivity index (χ3n) is 4.61. The highest BCUT2D eigenvalue weighted by molar-refractivity contribution is 5.97. The summed E-state index contributed by atoms with van der Waals surface area (Å²) in [6.45, 7) is 7.84. The molecule has 0 radical (unpaired) electrons. The van der Waals surface area contributed by atoms with Gasteiger partial charge in [-0.2, -0.15) is 0 Å². The highest BCUT2D eigenvalue weighted by Crippen LogP contribution is 2.21. The predicted octanol–water partition coefficient (Wildman–Crippen LogP) is 4.67. The van der Waals surface area contributed by atoms with E-state index in [2.05, 4.69) is 19.2 Å². The molecule has 1 aromatic heterocycles. The van der Waals surface area contributed by atoms with Gasteiger partial charge >= 0.3 is 11.6 Å². The Morgan fingerprint density at radius 2 is 1.71 bits per heavy atom. The van der Waals surface area contributed by atoms with Crippen LogP contribution in [-0.2, 0) is 4.79 Å². The second-order valence-corrected chi connectivity index (χ2v) is 7.85. The first-order valence-corrected chi connectivity index (χ1v) is 10.1. The number of ether oxygens (including phenoxy) is 1. The van der Waals surface area contributed by atoms with Crippen molar-refractivity contribution in [2.45, 2.75) is 39.7 Å². The summed E-state index contributed by atoms with van der Waals surface area (Å²) in [5.74, 6) is -0.369. The van der Waals surface area contributed by atoms with Crippen LogP contribution in [0.3, 0.4) is 0 Å². The van der Waals surface area contributed by atoms with Gasteiger partial charge < -0.3 is 14.5 Å². The largest absolute Gasteiger partial charge is 0.423 e. The molecule has 6 heteroatoms. The molecule has 1 N–H and O–H groups in total. The van der Waals surface area contributed by atoms with Gasteiger partial charge in [0.1, 0.15) is 16.9 Å². The number of esters is 1. The molecule has 3 rings (SSSR count). The van der Waals surface area contributed by atoms with Gasteiger partial charge in [0.05, 0.1) is 0 Å². The van der Waals surface area contributed by atoms with E-state index in [-0.39, 0.29) is 22.9 Å². The molecular formula is C25H25NO5. The topological polar surface area (TPSA) is 85.6 Å². The molecule has 2 aromatic carbocycles. The van der Waals surface area contributed by atoms with Crippen LogP contribution >= 0.6 is 0 Å². The van der Waals surface area contributed by atoms with Crippen LogP contribution in [0.1, 0.15) is 55.1 Å². The summed E-state index contributed by atoms with van der Waals surface area (Å²) < 4.78 is 10.6. The SMILES string of the molecule is CC(C)NC(=O)c1cc2ccc(OC(=O)/C=C/c3ccc(C(C)C)cc3)cc2oc1=O. The number of hydrogen-bond donors (Lipinski definition) is 1. The van der Waals surface area contributed by atoms with E-state index in [1.807, 2.05) is 24.3 Å². The van der Waals surface area contributed by atoms with Crippen molar-refractivity contribution in [1.29, 1.82) is 0 Å². The van der Waals surface area contributed by atoms with Crippen molar-refractivity contribution >= 4 is 28.9 Å². The third kappa shape index (κ3) is 5.69. The molecule has 3 aromatic rings. The third-order valence-corrected chi connectivity index (χ3v) is 4.61. The number of benzene rings is 2. The molecule has 0 saturated heterocycles. The Labute approximate surface area is 180 Å². The molecule has 6 nitrogen and oxygen atoms in total. The highest BCUT2D eigenvalue weighted by atomic mass is 16.5. The van der Waals surface area contributed by atoms with E-state index < -0.39 is 17.5 Å². The lowest BCUT2D eigenvalue weighted by atomic mass is 10.0. The van der Waals surface area contributed by atoms with Gasteiger partial charge in [-0.1, -0.05) is 38.1 Å². The number of carbonyl (C=O) groups excluding carboxylic acids is 2. The molecule has 1 heterocycles. The van der Waals surface area contributed by atoms with Crippen LogP contribution in [-0.4, -0.2) is 17.9 Å². The van der Waals surface area contributed by atoms with E-state index in [9.17, 15) is 14.4 Å². The van der Waals surface area contributed by atoms with Crippen molar-refractivity contribution in [1.82, 2.24) is 5.32 Å². The lowest BCUT2D eigenvalue weighted by Gasteiger charge is -2.08.